The maximum Gasteiger partial charge on any atom is 0.338 e. The minimum absolute atomic E-state index is 0.00279. The van der Waals surface area contributed by atoms with Gasteiger partial charge in [0.25, 0.3) is 5.91 Å². The van der Waals surface area contributed by atoms with Gasteiger partial charge in [-0.3, -0.25) is 14.9 Å². The first-order valence-corrected chi connectivity index (χ1v) is 9.42. The molecule has 0 aromatic heterocycles. The molecule has 0 aliphatic carbocycles. The molecular weight excluding hydrogens is 408 g/mol. The van der Waals surface area contributed by atoms with Gasteiger partial charge in [0.2, 0.25) is 0 Å². The average Bonchev–Trinajstić information content (AvgIpc) is 2.77. The molecular formula is C21H22N2O8. The first-order valence-electron chi connectivity index (χ1n) is 9.42. The highest BCUT2D eigenvalue weighted by molar-refractivity contribution is 5.96. The molecule has 0 saturated carbocycles. The molecule has 2 aromatic rings. The van der Waals surface area contributed by atoms with Crippen LogP contribution in [-0.4, -0.2) is 43.1 Å². The van der Waals surface area contributed by atoms with Crippen LogP contribution in [0.25, 0.3) is 0 Å². The molecule has 164 valence electrons. The van der Waals surface area contributed by atoms with E-state index in [0.29, 0.717) is 17.9 Å². The molecule has 2 aromatic carbocycles. The van der Waals surface area contributed by atoms with Crippen LogP contribution in [-0.2, 0) is 14.3 Å². The third kappa shape index (κ3) is 6.81. The van der Waals surface area contributed by atoms with Crippen LogP contribution in [0.3, 0.4) is 0 Å². The summed E-state index contributed by atoms with van der Waals surface area (Å²) in [6, 6.07) is 9.62. The molecule has 10 nitrogen and oxygen atoms in total. The maximum absolute atomic E-state index is 12.1. The van der Waals surface area contributed by atoms with E-state index >= 15 is 0 Å². The van der Waals surface area contributed by atoms with Gasteiger partial charge in [0.15, 0.2) is 12.4 Å². The van der Waals surface area contributed by atoms with E-state index < -0.39 is 35.1 Å². The molecule has 0 aliphatic rings. The molecule has 1 amide bonds. The summed E-state index contributed by atoms with van der Waals surface area (Å²) in [6.07, 6.45) is 1.70. The molecule has 10 heteroatoms. The SMILES string of the molecule is CCCCOC(=O)c1ccc(NC(=O)COC(=O)c2ccc(OC)c([N+](=O)[O-])c2)cc1. The number of rotatable bonds is 10. The highest BCUT2D eigenvalue weighted by Crippen LogP contribution is 2.27. The van der Waals surface area contributed by atoms with Crippen molar-refractivity contribution in [2.75, 3.05) is 25.6 Å². The predicted molar refractivity (Wildman–Crippen MR) is 110 cm³/mol. The number of hydrogen-bond donors (Lipinski definition) is 1. The smallest absolute Gasteiger partial charge is 0.338 e. The number of nitro groups is 1. The number of ether oxygens (including phenoxy) is 3. The van der Waals surface area contributed by atoms with Crippen molar-refractivity contribution in [3.05, 3.63) is 63.7 Å². The summed E-state index contributed by atoms with van der Waals surface area (Å²) in [6.45, 7) is 1.74. The van der Waals surface area contributed by atoms with E-state index in [-0.39, 0.29) is 11.3 Å². The molecule has 1 N–H and O–H groups in total. The number of unbranched alkanes of at least 4 members (excludes halogenated alkanes) is 1. The van der Waals surface area contributed by atoms with Crippen molar-refractivity contribution >= 4 is 29.2 Å². The molecule has 31 heavy (non-hydrogen) atoms. The summed E-state index contributed by atoms with van der Waals surface area (Å²) in [7, 11) is 1.27. The molecule has 0 unspecified atom stereocenters. The Morgan fingerprint density at radius 1 is 1.00 bits per heavy atom. The summed E-state index contributed by atoms with van der Waals surface area (Å²) >= 11 is 0. The molecule has 0 bridgehead atoms. The predicted octanol–water partition coefficient (Wildman–Crippen LogP) is 3.36. The van der Waals surface area contributed by atoms with Crippen molar-refractivity contribution in [2.24, 2.45) is 0 Å². The lowest BCUT2D eigenvalue weighted by molar-refractivity contribution is -0.385. The Balaban J connectivity index is 1.89. The quantitative estimate of drug-likeness (QED) is 0.262. The Bertz CT molecular complexity index is 956. The van der Waals surface area contributed by atoms with Crippen molar-refractivity contribution in [1.29, 1.82) is 0 Å². The summed E-state index contributed by atoms with van der Waals surface area (Å²) in [4.78, 5) is 46.3. The zero-order valence-electron chi connectivity index (χ0n) is 17.1. The largest absolute Gasteiger partial charge is 0.490 e. The fourth-order valence-electron chi connectivity index (χ4n) is 2.45. The van der Waals surface area contributed by atoms with Gasteiger partial charge in [-0.25, -0.2) is 9.59 Å². The van der Waals surface area contributed by atoms with Gasteiger partial charge in [-0.05, 0) is 42.8 Å². The summed E-state index contributed by atoms with van der Waals surface area (Å²) < 4.78 is 14.9. The number of methoxy groups -OCH3 is 1. The Hall–Kier alpha value is -3.95. The van der Waals surface area contributed by atoms with Crippen LogP contribution in [0.2, 0.25) is 0 Å². The number of anilines is 1. The molecule has 0 aliphatic heterocycles. The van der Waals surface area contributed by atoms with Crippen LogP contribution in [0.15, 0.2) is 42.5 Å². The van der Waals surface area contributed by atoms with Crippen LogP contribution in [0.1, 0.15) is 40.5 Å². The third-order valence-electron chi connectivity index (χ3n) is 4.08. The van der Waals surface area contributed by atoms with E-state index in [9.17, 15) is 24.5 Å². The summed E-state index contributed by atoms with van der Waals surface area (Å²) in [5, 5.41) is 13.6. The van der Waals surface area contributed by atoms with E-state index in [1.807, 2.05) is 6.92 Å². The van der Waals surface area contributed by atoms with Gasteiger partial charge in [-0.1, -0.05) is 13.3 Å². The third-order valence-corrected chi connectivity index (χ3v) is 4.08. The number of carbonyl (C=O) groups excluding carboxylic acids is 3. The molecule has 2 rings (SSSR count). The van der Waals surface area contributed by atoms with E-state index in [0.717, 1.165) is 18.9 Å². The lowest BCUT2D eigenvalue weighted by atomic mass is 10.2. The zero-order chi connectivity index (χ0) is 22.8. The second-order valence-electron chi connectivity index (χ2n) is 6.33. The maximum atomic E-state index is 12.1. The Kier molecular flexibility index (Phi) is 8.50. The highest BCUT2D eigenvalue weighted by atomic mass is 16.6. The number of carbonyl (C=O) groups is 3. The first kappa shape index (κ1) is 23.3. The molecule has 0 fully saturated rings. The standard InChI is InChI=1S/C21H22N2O8/c1-3-4-11-30-20(25)14-5-8-16(9-6-14)22-19(24)13-31-21(26)15-7-10-18(29-2)17(12-15)23(27)28/h5-10,12H,3-4,11,13H2,1-2H3,(H,22,24). The van der Waals surface area contributed by atoms with Gasteiger partial charge < -0.3 is 19.5 Å². The lowest BCUT2D eigenvalue weighted by Crippen LogP contribution is -2.21. The van der Waals surface area contributed by atoms with Crippen molar-refractivity contribution in [3.8, 4) is 5.75 Å². The number of hydrogen-bond acceptors (Lipinski definition) is 8. The zero-order valence-corrected chi connectivity index (χ0v) is 17.1. The number of nitro benzene ring substituents is 1. The molecule has 0 saturated heterocycles. The van der Waals surface area contributed by atoms with Gasteiger partial charge >= 0.3 is 17.6 Å². The number of esters is 2. The van der Waals surface area contributed by atoms with Gasteiger partial charge in [0.05, 0.1) is 29.8 Å². The Labute approximate surface area is 178 Å². The topological polar surface area (TPSA) is 134 Å². The number of amides is 1. The van der Waals surface area contributed by atoms with E-state index in [2.05, 4.69) is 5.32 Å². The molecule has 0 radical (unpaired) electrons. The monoisotopic (exact) mass is 430 g/mol. The van der Waals surface area contributed by atoms with Crippen LogP contribution in [0.5, 0.6) is 5.75 Å². The van der Waals surface area contributed by atoms with Gasteiger partial charge in [-0.15, -0.1) is 0 Å². The summed E-state index contributed by atoms with van der Waals surface area (Å²) in [5.74, 6) is -1.97. The van der Waals surface area contributed by atoms with Crippen molar-refractivity contribution in [2.45, 2.75) is 19.8 Å². The minimum atomic E-state index is -0.897. The fourth-order valence-corrected chi connectivity index (χ4v) is 2.45. The van der Waals surface area contributed by atoms with Gasteiger partial charge in [-0.2, -0.15) is 0 Å². The highest BCUT2D eigenvalue weighted by Gasteiger charge is 2.19. The van der Waals surface area contributed by atoms with Crippen LogP contribution < -0.4 is 10.1 Å². The van der Waals surface area contributed by atoms with Crippen molar-refractivity contribution < 1.29 is 33.5 Å². The minimum Gasteiger partial charge on any atom is -0.490 e. The second-order valence-corrected chi connectivity index (χ2v) is 6.33. The average molecular weight is 430 g/mol. The number of nitrogens with zero attached hydrogens (tertiary/aromatic N) is 1. The number of benzene rings is 2. The van der Waals surface area contributed by atoms with Crippen LogP contribution >= 0.6 is 0 Å². The van der Waals surface area contributed by atoms with Gasteiger partial charge in [0, 0.05) is 11.8 Å². The summed E-state index contributed by atoms with van der Waals surface area (Å²) in [5.41, 5.74) is 0.258. The van der Waals surface area contributed by atoms with E-state index in [1.165, 1.54) is 43.5 Å². The lowest BCUT2D eigenvalue weighted by Gasteiger charge is -2.08. The Morgan fingerprint density at radius 3 is 2.26 bits per heavy atom. The van der Waals surface area contributed by atoms with E-state index in [1.54, 1.807) is 0 Å². The molecule has 0 heterocycles. The van der Waals surface area contributed by atoms with Crippen molar-refractivity contribution in [3.63, 3.8) is 0 Å². The molecule has 0 atom stereocenters. The van der Waals surface area contributed by atoms with Crippen LogP contribution in [0.4, 0.5) is 11.4 Å². The fraction of sp³-hybridized carbons (Fsp3) is 0.286. The second kappa shape index (κ2) is 11.3. The number of nitrogens with one attached hydrogen (secondary N) is 1. The van der Waals surface area contributed by atoms with Crippen LogP contribution in [0, 0.1) is 10.1 Å². The van der Waals surface area contributed by atoms with E-state index in [4.69, 9.17) is 14.2 Å². The van der Waals surface area contributed by atoms with Gasteiger partial charge in [0.1, 0.15) is 0 Å². The Morgan fingerprint density at radius 2 is 1.65 bits per heavy atom. The normalized spacial score (nSPS) is 10.1. The van der Waals surface area contributed by atoms with Crippen molar-refractivity contribution in [1.82, 2.24) is 0 Å². The first-order chi connectivity index (χ1) is 14.8. The molecule has 0 spiro atoms.